The number of aromatic hydroxyl groups is 1. The topological polar surface area (TPSA) is 78.0 Å². The van der Waals surface area contributed by atoms with E-state index in [1.807, 2.05) is 0 Å². The number of nitrogens with one attached hydrogen (secondary N) is 2. The third kappa shape index (κ3) is 2.20. The molecular formula is C11H11N3O2. The number of carbonyl (C=O) groups excluding carboxylic acids is 1. The third-order valence-corrected chi connectivity index (χ3v) is 2.05. The van der Waals surface area contributed by atoms with Crippen molar-refractivity contribution >= 4 is 11.6 Å². The highest BCUT2D eigenvalue weighted by atomic mass is 16.3. The largest absolute Gasteiger partial charge is 0.508 e. The number of phenols is 1. The lowest BCUT2D eigenvalue weighted by atomic mass is 10.3. The Kier molecular flexibility index (Phi) is 2.59. The highest BCUT2D eigenvalue weighted by Crippen LogP contribution is 2.15. The minimum Gasteiger partial charge on any atom is -0.508 e. The van der Waals surface area contributed by atoms with Gasteiger partial charge in [-0.2, -0.15) is 0 Å². The summed E-state index contributed by atoms with van der Waals surface area (Å²) in [6, 6.07) is 6.36. The number of rotatable bonds is 2. The molecule has 0 saturated carbocycles. The molecule has 1 heterocycles. The van der Waals surface area contributed by atoms with Crippen molar-refractivity contribution in [1.82, 2.24) is 9.97 Å². The van der Waals surface area contributed by atoms with E-state index in [0.29, 0.717) is 17.2 Å². The Balaban J connectivity index is 2.13. The number of phenolic OH excluding ortho intramolecular Hbond substituents is 1. The Hall–Kier alpha value is -2.30. The van der Waals surface area contributed by atoms with E-state index in [4.69, 9.17) is 0 Å². The number of hydrogen-bond donors (Lipinski definition) is 3. The molecule has 0 aliphatic carbocycles. The molecule has 82 valence electrons. The average molecular weight is 217 g/mol. The molecule has 1 amide bonds. The van der Waals surface area contributed by atoms with Gasteiger partial charge in [0.1, 0.15) is 17.3 Å². The first-order valence-corrected chi connectivity index (χ1v) is 4.77. The fourth-order valence-electron chi connectivity index (χ4n) is 1.32. The predicted octanol–water partition coefficient (Wildman–Crippen LogP) is 1.68. The molecule has 5 heteroatoms. The van der Waals surface area contributed by atoms with Crippen LogP contribution in [0.5, 0.6) is 5.75 Å². The van der Waals surface area contributed by atoms with Crippen molar-refractivity contribution in [2.24, 2.45) is 0 Å². The smallest absolute Gasteiger partial charge is 0.273 e. The minimum absolute atomic E-state index is 0.110. The van der Waals surface area contributed by atoms with Gasteiger partial charge in [-0.3, -0.25) is 4.79 Å². The van der Waals surface area contributed by atoms with Gasteiger partial charge in [-0.1, -0.05) is 6.07 Å². The number of carbonyl (C=O) groups is 1. The summed E-state index contributed by atoms with van der Waals surface area (Å²) >= 11 is 0. The number of amides is 1. The van der Waals surface area contributed by atoms with Gasteiger partial charge in [0, 0.05) is 11.8 Å². The predicted molar refractivity (Wildman–Crippen MR) is 59.4 cm³/mol. The van der Waals surface area contributed by atoms with E-state index >= 15 is 0 Å². The summed E-state index contributed by atoms with van der Waals surface area (Å²) in [6.07, 6.45) is 1.47. The van der Waals surface area contributed by atoms with Crippen molar-refractivity contribution in [3.63, 3.8) is 0 Å². The lowest BCUT2D eigenvalue weighted by Gasteiger charge is -2.03. The molecule has 2 aromatic rings. The van der Waals surface area contributed by atoms with E-state index in [1.54, 1.807) is 19.1 Å². The molecule has 0 aliphatic rings. The molecule has 0 radical (unpaired) electrons. The number of imidazole rings is 1. The lowest BCUT2D eigenvalue weighted by molar-refractivity contribution is 0.102. The highest BCUT2D eigenvalue weighted by molar-refractivity contribution is 6.02. The van der Waals surface area contributed by atoms with Gasteiger partial charge in [-0.05, 0) is 19.1 Å². The summed E-state index contributed by atoms with van der Waals surface area (Å²) in [4.78, 5) is 18.4. The van der Waals surface area contributed by atoms with Crippen LogP contribution in [0.1, 0.15) is 16.3 Å². The summed E-state index contributed by atoms with van der Waals surface area (Å²) in [6.45, 7) is 1.77. The molecule has 0 spiro atoms. The molecule has 1 aromatic heterocycles. The molecule has 0 unspecified atom stereocenters. The number of aromatic amines is 1. The van der Waals surface area contributed by atoms with Crippen molar-refractivity contribution in [1.29, 1.82) is 0 Å². The second-order valence-corrected chi connectivity index (χ2v) is 3.39. The summed E-state index contributed by atoms with van der Waals surface area (Å²) in [7, 11) is 0. The molecule has 0 atom stereocenters. The van der Waals surface area contributed by atoms with Crippen LogP contribution in [0.2, 0.25) is 0 Å². The van der Waals surface area contributed by atoms with Gasteiger partial charge in [0.15, 0.2) is 0 Å². The second-order valence-electron chi connectivity index (χ2n) is 3.39. The molecule has 5 nitrogen and oxygen atoms in total. The van der Waals surface area contributed by atoms with Crippen LogP contribution >= 0.6 is 0 Å². The van der Waals surface area contributed by atoms with Crippen LogP contribution in [0.3, 0.4) is 0 Å². The zero-order valence-corrected chi connectivity index (χ0v) is 8.69. The number of aromatic nitrogens is 2. The van der Waals surface area contributed by atoms with Crippen molar-refractivity contribution in [3.8, 4) is 5.75 Å². The minimum atomic E-state index is -0.286. The zero-order valence-electron chi connectivity index (χ0n) is 8.69. The molecule has 0 fully saturated rings. The molecular weight excluding hydrogens is 206 g/mol. The first-order valence-electron chi connectivity index (χ1n) is 4.77. The van der Waals surface area contributed by atoms with E-state index in [9.17, 15) is 9.90 Å². The Bertz CT molecular complexity index is 519. The molecule has 0 bridgehead atoms. The van der Waals surface area contributed by atoms with Gasteiger partial charge in [0.25, 0.3) is 5.91 Å². The van der Waals surface area contributed by atoms with Crippen LogP contribution in [-0.2, 0) is 0 Å². The number of nitrogens with zero attached hydrogens (tertiary/aromatic N) is 1. The van der Waals surface area contributed by atoms with Gasteiger partial charge in [-0.25, -0.2) is 4.98 Å². The van der Waals surface area contributed by atoms with Gasteiger partial charge < -0.3 is 15.4 Å². The van der Waals surface area contributed by atoms with Crippen LogP contribution in [0.4, 0.5) is 5.69 Å². The number of aryl methyl sites for hydroxylation is 1. The SMILES string of the molecule is Cc1ncc(C(=O)Nc2cccc(O)c2)[nH]1. The van der Waals surface area contributed by atoms with Crippen LogP contribution in [0.25, 0.3) is 0 Å². The number of H-pyrrole nitrogens is 1. The number of anilines is 1. The number of hydrogen-bond acceptors (Lipinski definition) is 3. The monoisotopic (exact) mass is 217 g/mol. The summed E-state index contributed by atoms with van der Waals surface area (Å²) in [5.41, 5.74) is 0.929. The molecule has 2 rings (SSSR count). The second kappa shape index (κ2) is 4.06. The van der Waals surface area contributed by atoms with Crippen molar-refractivity contribution < 1.29 is 9.90 Å². The normalized spacial score (nSPS) is 10.1. The summed E-state index contributed by atoms with van der Waals surface area (Å²) in [5.74, 6) is 0.505. The van der Waals surface area contributed by atoms with Gasteiger partial charge in [0.05, 0.1) is 6.20 Å². The third-order valence-electron chi connectivity index (χ3n) is 2.05. The molecule has 3 N–H and O–H groups in total. The van der Waals surface area contributed by atoms with Crippen molar-refractivity contribution in [2.45, 2.75) is 6.92 Å². The first kappa shape index (κ1) is 10.2. The molecule has 16 heavy (non-hydrogen) atoms. The summed E-state index contributed by atoms with van der Waals surface area (Å²) in [5, 5.41) is 11.9. The first-order chi connectivity index (χ1) is 7.65. The Morgan fingerprint density at radius 3 is 2.94 bits per heavy atom. The van der Waals surface area contributed by atoms with E-state index in [0.717, 1.165) is 0 Å². The fourth-order valence-corrected chi connectivity index (χ4v) is 1.32. The van der Waals surface area contributed by atoms with Crippen LogP contribution in [0, 0.1) is 6.92 Å². The Labute approximate surface area is 92.2 Å². The van der Waals surface area contributed by atoms with Crippen molar-refractivity contribution in [3.05, 3.63) is 42.0 Å². The molecule has 0 saturated heterocycles. The highest BCUT2D eigenvalue weighted by Gasteiger charge is 2.08. The fraction of sp³-hybridized carbons (Fsp3) is 0.0909. The van der Waals surface area contributed by atoms with Crippen LogP contribution in [0.15, 0.2) is 30.5 Å². The molecule has 1 aromatic carbocycles. The summed E-state index contributed by atoms with van der Waals surface area (Å²) < 4.78 is 0. The average Bonchev–Trinajstić information content (AvgIpc) is 2.65. The maximum Gasteiger partial charge on any atom is 0.273 e. The van der Waals surface area contributed by atoms with Crippen molar-refractivity contribution in [2.75, 3.05) is 5.32 Å². The van der Waals surface area contributed by atoms with Gasteiger partial charge >= 0.3 is 0 Å². The number of benzene rings is 1. The maximum absolute atomic E-state index is 11.7. The Morgan fingerprint density at radius 2 is 2.31 bits per heavy atom. The molecule has 0 aliphatic heterocycles. The maximum atomic E-state index is 11.7. The van der Waals surface area contributed by atoms with E-state index in [2.05, 4.69) is 15.3 Å². The van der Waals surface area contributed by atoms with E-state index in [1.165, 1.54) is 18.3 Å². The van der Waals surface area contributed by atoms with Crippen LogP contribution in [-0.4, -0.2) is 21.0 Å². The quantitative estimate of drug-likeness (QED) is 0.716. The van der Waals surface area contributed by atoms with E-state index in [-0.39, 0.29) is 11.7 Å². The zero-order chi connectivity index (χ0) is 11.5. The van der Waals surface area contributed by atoms with Gasteiger partial charge in [-0.15, -0.1) is 0 Å². The van der Waals surface area contributed by atoms with E-state index < -0.39 is 0 Å². The lowest BCUT2D eigenvalue weighted by Crippen LogP contribution is -2.12. The van der Waals surface area contributed by atoms with Gasteiger partial charge in [0.2, 0.25) is 0 Å². The Morgan fingerprint density at radius 1 is 1.50 bits per heavy atom. The standard InChI is InChI=1S/C11H11N3O2/c1-7-12-6-10(13-7)11(16)14-8-3-2-4-9(15)5-8/h2-6,15H,1H3,(H,12,13)(H,14,16). The van der Waals surface area contributed by atoms with Crippen LogP contribution < -0.4 is 5.32 Å².